The highest BCUT2D eigenvalue weighted by Crippen LogP contribution is 2.22. The summed E-state index contributed by atoms with van der Waals surface area (Å²) in [6, 6.07) is 6.10. The molecule has 3 rings (SSSR count). The fraction of sp³-hybridized carbons (Fsp3) is 0.444. The first-order valence-corrected chi connectivity index (χ1v) is 11.0. The molecule has 1 aromatic carbocycles. The van der Waals surface area contributed by atoms with Crippen LogP contribution in [0.15, 0.2) is 29.2 Å². The molecule has 0 unspecified atom stereocenters. The number of aromatic nitrogens is 1. The maximum Gasteiger partial charge on any atom is 0.265 e. The number of carbonyl (C=O) groups excluding carboxylic acids is 1. The second-order valence-corrected chi connectivity index (χ2v) is 9.43. The van der Waals surface area contributed by atoms with Crippen LogP contribution < -0.4 is 9.46 Å². The molecule has 1 aliphatic rings. The number of nitrogens with zero attached hydrogens (tertiary/aromatic N) is 2. The molecule has 7 nitrogen and oxygen atoms in total. The molecule has 27 heavy (non-hydrogen) atoms. The van der Waals surface area contributed by atoms with Gasteiger partial charge in [-0.05, 0) is 51.0 Å². The number of thiazole rings is 1. The molecule has 2 heterocycles. The lowest BCUT2D eigenvalue weighted by Gasteiger charge is -2.32. The number of hydrogen-bond acceptors (Lipinski definition) is 6. The second kappa shape index (κ2) is 7.95. The normalized spacial score (nSPS) is 15.7. The molecule has 0 radical (unpaired) electrons. The minimum absolute atomic E-state index is 0.0189. The van der Waals surface area contributed by atoms with Gasteiger partial charge in [-0.1, -0.05) is 0 Å². The first-order valence-electron chi connectivity index (χ1n) is 8.70. The predicted octanol–water partition coefficient (Wildman–Crippen LogP) is 2.35. The largest absolute Gasteiger partial charge is 0.497 e. The van der Waals surface area contributed by atoms with E-state index in [1.807, 2.05) is 13.8 Å². The zero-order valence-electron chi connectivity index (χ0n) is 15.6. The van der Waals surface area contributed by atoms with Crippen molar-refractivity contribution in [3.63, 3.8) is 0 Å². The van der Waals surface area contributed by atoms with E-state index in [0.717, 1.165) is 10.7 Å². The Hall–Kier alpha value is -1.97. The lowest BCUT2D eigenvalue weighted by atomic mass is 10.1. The van der Waals surface area contributed by atoms with E-state index in [0.29, 0.717) is 36.6 Å². The lowest BCUT2D eigenvalue weighted by Crippen LogP contribution is -2.46. The van der Waals surface area contributed by atoms with Crippen molar-refractivity contribution in [1.82, 2.24) is 14.6 Å². The van der Waals surface area contributed by atoms with Crippen LogP contribution in [0.4, 0.5) is 0 Å². The minimum atomic E-state index is -3.60. The Kier molecular flexibility index (Phi) is 5.83. The molecule has 1 N–H and O–H groups in total. The van der Waals surface area contributed by atoms with Crippen molar-refractivity contribution in [3.8, 4) is 5.75 Å². The van der Waals surface area contributed by atoms with Crippen molar-refractivity contribution in [3.05, 3.63) is 39.8 Å². The Morgan fingerprint density at radius 2 is 1.85 bits per heavy atom. The molecule has 1 fully saturated rings. The highest BCUT2D eigenvalue weighted by molar-refractivity contribution is 7.89. The molecule has 0 saturated carbocycles. The summed E-state index contributed by atoms with van der Waals surface area (Å²) in [5, 5.41) is 0.873. The lowest BCUT2D eigenvalue weighted by molar-refractivity contribution is 0.0715. The van der Waals surface area contributed by atoms with Crippen molar-refractivity contribution in [2.75, 3.05) is 20.2 Å². The summed E-state index contributed by atoms with van der Waals surface area (Å²) in [4.78, 5) is 19.6. The van der Waals surface area contributed by atoms with E-state index in [-0.39, 0.29) is 16.8 Å². The zero-order valence-corrected chi connectivity index (χ0v) is 17.2. The number of sulfonamides is 1. The van der Waals surface area contributed by atoms with Gasteiger partial charge in [0, 0.05) is 19.1 Å². The molecule has 9 heteroatoms. The summed E-state index contributed by atoms with van der Waals surface area (Å²) >= 11 is 1.40. The molecule has 146 valence electrons. The molecule has 1 aliphatic heterocycles. The van der Waals surface area contributed by atoms with E-state index in [1.54, 1.807) is 17.0 Å². The van der Waals surface area contributed by atoms with Crippen molar-refractivity contribution < 1.29 is 17.9 Å². The molecule has 0 spiro atoms. The number of aryl methyl sites for hydroxylation is 2. The molecule has 2 aromatic rings. The maximum absolute atomic E-state index is 12.7. The Labute approximate surface area is 163 Å². The number of hydrogen-bond donors (Lipinski definition) is 1. The third-order valence-electron chi connectivity index (χ3n) is 4.57. The number of nitrogens with one attached hydrogen (secondary N) is 1. The van der Waals surface area contributed by atoms with E-state index in [1.165, 1.54) is 30.6 Å². The first kappa shape index (κ1) is 19.8. The summed E-state index contributed by atoms with van der Waals surface area (Å²) in [5.41, 5.74) is 0.754. The molecule has 0 bridgehead atoms. The number of piperidine rings is 1. The van der Waals surface area contributed by atoms with Gasteiger partial charge in [0.1, 0.15) is 10.6 Å². The number of carbonyl (C=O) groups is 1. The first-order chi connectivity index (χ1) is 12.8. The van der Waals surface area contributed by atoms with E-state index >= 15 is 0 Å². The third-order valence-corrected chi connectivity index (χ3v) is 7.17. The van der Waals surface area contributed by atoms with Crippen LogP contribution >= 0.6 is 11.3 Å². The summed E-state index contributed by atoms with van der Waals surface area (Å²) in [6.07, 6.45) is 1.16. The number of amides is 1. The highest BCUT2D eigenvalue weighted by atomic mass is 32.2. The van der Waals surface area contributed by atoms with Crippen molar-refractivity contribution in [2.24, 2.45) is 0 Å². The Morgan fingerprint density at radius 3 is 2.37 bits per heavy atom. The van der Waals surface area contributed by atoms with Crippen LogP contribution in [-0.4, -0.2) is 50.5 Å². The molecular formula is C18H23N3O4S2. The monoisotopic (exact) mass is 409 g/mol. The van der Waals surface area contributed by atoms with Gasteiger partial charge in [0.15, 0.2) is 0 Å². The molecule has 1 saturated heterocycles. The number of ether oxygens (including phenoxy) is 1. The highest BCUT2D eigenvalue weighted by Gasteiger charge is 2.28. The Bertz CT molecular complexity index is 915. The van der Waals surface area contributed by atoms with Crippen LogP contribution in [0.25, 0.3) is 0 Å². The summed E-state index contributed by atoms with van der Waals surface area (Å²) < 4.78 is 32.9. The van der Waals surface area contributed by atoms with Crippen LogP contribution in [0, 0.1) is 13.8 Å². The van der Waals surface area contributed by atoms with Gasteiger partial charge in [0.05, 0.1) is 22.7 Å². The van der Waals surface area contributed by atoms with Crippen molar-refractivity contribution >= 4 is 27.3 Å². The van der Waals surface area contributed by atoms with Gasteiger partial charge in [0.25, 0.3) is 5.91 Å². The average Bonchev–Trinajstić information content (AvgIpc) is 2.99. The summed E-state index contributed by atoms with van der Waals surface area (Å²) in [5.74, 6) is 0.587. The van der Waals surface area contributed by atoms with Crippen LogP contribution in [-0.2, 0) is 10.0 Å². The zero-order chi connectivity index (χ0) is 19.6. The van der Waals surface area contributed by atoms with Crippen molar-refractivity contribution in [2.45, 2.75) is 37.6 Å². The van der Waals surface area contributed by atoms with Crippen LogP contribution in [0.5, 0.6) is 5.75 Å². The molecule has 0 atom stereocenters. The van der Waals surface area contributed by atoms with Gasteiger partial charge in [-0.3, -0.25) is 4.79 Å². The molecule has 1 amide bonds. The van der Waals surface area contributed by atoms with Gasteiger partial charge in [-0.2, -0.15) is 0 Å². The van der Waals surface area contributed by atoms with E-state index < -0.39 is 10.0 Å². The standard InChI is InChI=1S/C18H23N3O4S2/c1-12-17(26-13(2)19-12)18(22)21-10-8-14(9-11-21)20-27(23,24)16-6-4-15(25-3)5-7-16/h4-7,14,20H,8-11H2,1-3H3. The number of rotatable bonds is 5. The smallest absolute Gasteiger partial charge is 0.265 e. The topological polar surface area (TPSA) is 88.6 Å². The maximum atomic E-state index is 12.7. The molecular weight excluding hydrogens is 386 g/mol. The van der Waals surface area contributed by atoms with E-state index in [2.05, 4.69) is 9.71 Å². The van der Waals surface area contributed by atoms with Gasteiger partial charge >= 0.3 is 0 Å². The van der Waals surface area contributed by atoms with E-state index in [9.17, 15) is 13.2 Å². The average molecular weight is 410 g/mol. The molecule has 0 aliphatic carbocycles. The SMILES string of the molecule is COc1ccc(S(=O)(=O)NC2CCN(C(=O)c3sc(C)nc3C)CC2)cc1. The predicted molar refractivity (Wildman–Crippen MR) is 104 cm³/mol. The summed E-state index contributed by atoms with van der Waals surface area (Å²) in [7, 11) is -2.06. The fourth-order valence-electron chi connectivity index (χ4n) is 3.12. The minimum Gasteiger partial charge on any atom is -0.497 e. The van der Waals surface area contributed by atoms with Gasteiger partial charge in [-0.25, -0.2) is 18.1 Å². The second-order valence-electron chi connectivity index (χ2n) is 6.51. The number of methoxy groups -OCH3 is 1. The Morgan fingerprint density at radius 1 is 1.22 bits per heavy atom. The number of benzene rings is 1. The molecule has 1 aromatic heterocycles. The van der Waals surface area contributed by atoms with Gasteiger partial charge in [-0.15, -0.1) is 11.3 Å². The Balaban J connectivity index is 1.60. The number of likely N-dealkylation sites (tertiary alicyclic amines) is 1. The van der Waals surface area contributed by atoms with Crippen molar-refractivity contribution in [1.29, 1.82) is 0 Å². The van der Waals surface area contributed by atoms with Gasteiger partial charge < -0.3 is 9.64 Å². The van der Waals surface area contributed by atoms with E-state index in [4.69, 9.17) is 4.74 Å². The van der Waals surface area contributed by atoms with Gasteiger partial charge in [0.2, 0.25) is 10.0 Å². The summed E-state index contributed by atoms with van der Waals surface area (Å²) in [6.45, 7) is 4.76. The van der Waals surface area contributed by atoms with Crippen LogP contribution in [0.3, 0.4) is 0 Å². The fourth-order valence-corrected chi connectivity index (χ4v) is 5.31. The van der Waals surface area contributed by atoms with Crippen LogP contribution in [0.1, 0.15) is 33.2 Å². The third kappa shape index (κ3) is 4.48. The van der Waals surface area contributed by atoms with Crippen LogP contribution in [0.2, 0.25) is 0 Å². The quantitative estimate of drug-likeness (QED) is 0.819.